The van der Waals surface area contributed by atoms with Crippen LogP contribution in [0, 0.1) is 0 Å². The number of alkyl halides is 2. The SMILES string of the molecule is CCCCCCCCCCCCc1ccc(S(=O)(=O)NC(Cc2ccc(C(F)(F)P(=O)(O)O)cc2)C(=O)NCCCCOc2cccc(O)c2C(=O)OC)cc1. The third-order valence-electron chi connectivity index (χ3n) is 9.30. The lowest BCUT2D eigenvalue weighted by Gasteiger charge is -2.20. The third-order valence-corrected chi connectivity index (χ3v) is 11.8. The average molecular weight is 825 g/mol. The summed E-state index contributed by atoms with van der Waals surface area (Å²) in [7, 11) is -8.87. The fourth-order valence-electron chi connectivity index (χ4n) is 6.03. The quantitative estimate of drug-likeness (QED) is 0.0304. The summed E-state index contributed by atoms with van der Waals surface area (Å²) in [5.41, 5.74) is -4.25. The molecule has 0 aliphatic carbocycles. The molecule has 3 rings (SSSR count). The van der Waals surface area contributed by atoms with Gasteiger partial charge in [0.15, 0.2) is 0 Å². The molecule has 0 spiro atoms. The Bertz CT molecular complexity index is 1840. The van der Waals surface area contributed by atoms with Gasteiger partial charge in [-0.15, -0.1) is 0 Å². The van der Waals surface area contributed by atoms with Crippen LogP contribution in [0.25, 0.3) is 0 Å². The number of aromatic hydroxyl groups is 1. The maximum atomic E-state index is 14.3. The highest BCUT2D eigenvalue weighted by atomic mass is 32.2. The molecule has 12 nitrogen and oxygen atoms in total. The Morgan fingerprint density at radius 1 is 0.821 bits per heavy atom. The third kappa shape index (κ3) is 14.6. The van der Waals surface area contributed by atoms with Gasteiger partial charge in [-0.25, -0.2) is 13.2 Å². The van der Waals surface area contributed by atoms with E-state index in [1.165, 1.54) is 82.4 Å². The molecule has 0 bridgehead atoms. The van der Waals surface area contributed by atoms with E-state index >= 15 is 0 Å². The summed E-state index contributed by atoms with van der Waals surface area (Å²) >= 11 is 0. The van der Waals surface area contributed by atoms with Crippen molar-refractivity contribution in [2.24, 2.45) is 0 Å². The van der Waals surface area contributed by atoms with E-state index in [2.05, 4.69) is 17.0 Å². The van der Waals surface area contributed by atoms with Gasteiger partial charge in [-0.05, 0) is 67.5 Å². The van der Waals surface area contributed by atoms with Gasteiger partial charge in [-0.3, -0.25) is 9.36 Å². The Morgan fingerprint density at radius 3 is 2.00 bits per heavy atom. The number of phenols is 1. The van der Waals surface area contributed by atoms with Crippen molar-refractivity contribution in [2.45, 2.75) is 113 Å². The van der Waals surface area contributed by atoms with Crippen LogP contribution < -0.4 is 14.8 Å². The molecule has 1 amide bonds. The molecule has 0 saturated heterocycles. The minimum Gasteiger partial charge on any atom is -0.507 e. The molecule has 5 N–H and O–H groups in total. The number of esters is 1. The van der Waals surface area contributed by atoms with Crippen molar-refractivity contribution in [3.8, 4) is 11.5 Å². The molecule has 310 valence electrons. The normalized spacial score (nSPS) is 12.6. The zero-order valence-electron chi connectivity index (χ0n) is 32.1. The average Bonchev–Trinajstić information content (AvgIpc) is 3.16. The highest BCUT2D eigenvalue weighted by molar-refractivity contribution is 7.89. The number of ether oxygens (including phenoxy) is 2. The van der Waals surface area contributed by atoms with Gasteiger partial charge >= 0.3 is 19.2 Å². The van der Waals surface area contributed by atoms with Crippen molar-refractivity contribution in [3.63, 3.8) is 0 Å². The van der Waals surface area contributed by atoms with Gasteiger partial charge in [0.1, 0.15) is 23.1 Å². The van der Waals surface area contributed by atoms with Crippen molar-refractivity contribution < 1.29 is 55.7 Å². The molecule has 0 saturated carbocycles. The van der Waals surface area contributed by atoms with Crippen LogP contribution in [0.1, 0.15) is 111 Å². The van der Waals surface area contributed by atoms with E-state index in [1.54, 1.807) is 12.1 Å². The zero-order chi connectivity index (χ0) is 41.2. The number of halogens is 2. The summed E-state index contributed by atoms with van der Waals surface area (Å²) in [6.07, 6.45) is 13.4. The van der Waals surface area contributed by atoms with E-state index < -0.39 is 46.8 Å². The standard InChI is InChI=1S/C40H55F2N2O10PS/c1-3-4-5-6-7-8-9-10-11-12-16-30-21-25-33(26-22-30)56(51,52)44-34(29-31-19-23-32(24-20-31)40(41,42)55(48,49)50)38(46)43-27-13-14-28-54-36-18-15-17-35(45)37(36)39(47)53-2/h15,17-26,34,44-45H,3-14,16,27-29H2,1-2H3,(H,43,46)(H2,48,49,50). The fraction of sp³-hybridized carbons (Fsp3) is 0.500. The predicted octanol–water partition coefficient (Wildman–Crippen LogP) is 7.73. The molecule has 0 radical (unpaired) electrons. The van der Waals surface area contributed by atoms with Gasteiger partial charge in [-0.1, -0.05) is 107 Å². The van der Waals surface area contributed by atoms with Crippen LogP contribution in [0.3, 0.4) is 0 Å². The first-order valence-electron chi connectivity index (χ1n) is 19.1. The Hall–Kier alpha value is -3.88. The largest absolute Gasteiger partial charge is 0.507 e. The van der Waals surface area contributed by atoms with Crippen molar-refractivity contribution in [1.29, 1.82) is 0 Å². The molecule has 0 aliphatic rings. The second-order valence-electron chi connectivity index (χ2n) is 13.7. The Labute approximate surface area is 328 Å². The van der Waals surface area contributed by atoms with Crippen molar-refractivity contribution in [1.82, 2.24) is 10.0 Å². The lowest BCUT2D eigenvalue weighted by atomic mass is 10.0. The molecule has 0 aliphatic heterocycles. The predicted molar refractivity (Wildman–Crippen MR) is 209 cm³/mol. The Balaban J connectivity index is 1.62. The number of aryl methyl sites for hydroxylation is 1. The van der Waals surface area contributed by atoms with Gasteiger partial charge in [0.25, 0.3) is 0 Å². The van der Waals surface area contributed by atoms with Crippen LogP contribution in [0.15, 0.2) is 71.6 Å². The van der Waals surface area contributed by atoms with Crippen molar-refractivity contribution in [2.75, 3.05) is 20.3 Å². The van der Waals surface area contributed by atoms with E-state index in [9.17, 15) is 36.5 Å². The second-order valence-corrected chi connectivity index (χ2v) is 17.1. The fourth-order valence-corrected chi connectivity index (χ4v) is 7.71. The van der Waals surface area contributed by atoms with Gasteiger partial charge in [0.2, 0.25) is 15.9 Å². The van der Waals surface area contributed by atoms with E-state index in [0.717, 1.165) is 55.5 Å². The maximum Gasteiger partial charge on any atom is 0.399 e. The van der Waals surface area contributed by atoms with E-state index in [4.69, 9.17) is 19.3 Å². The number of hydrogen-bond acceptors (Lipinski definition) is 8. The number of hydrogen-bond donors (Lipinski definition) is 5. The highest BCUT2D eigenvalue weighted by Crippen LogP contribution is 2.59. The topological polar surface area (TPSA) is 189 Å². The van der Waals surface area contributed by atoms with Gasteiger partial charge in [-0.2, -0.15) is 13.5 Å². The van der Waals surface area contributed by atoms with Crippen LogP contribution in [0.2, 0.25) is 0 Å². The summed E-state index contributed by atoms with van der Waals surface area (Å²) in [6.45, 7) is 2.42. The molecule has 3 aromatic rings. The summed E-state index contributed by atoms with van der Waals surface area (Å²) in [6, 6.07) is 13.3. The number of carbonyl (C=O) groups is 2. The number of nitrogens with one attached hydrogen (secondary N) is 2. The zero-order valence-corrected chi connectivity index (χ0v) is 33.8. The molecule has 3 aromatic carbocycles. The minimum absolute atomic E-state index is 0.0609. The molecule has 0 heterocycles. The lowest BCUT2D eigenvalue weighted by molar-refractivity contribution is -0.122. The number of sulfonamides is 1. The lowest BCUT2D eigenvalue weighted by Crippen LogP contribution is -2.48. The highest BCUT2D eigenvalue weighted by Gasteiger charge is 2.50. The number of rotatable bonds is 26. The summed E-state index contributed by atoms with van der Waals surface area (Å²) < 4.78 is 79.6. The number of benzene rings is 3. The first-order valence-corrected chi connectivity index (χ1v) is 22.1. The molecule has 0 aromatic heterocycles. The van der Waals surface area contributed by atoms with E-state index in [1.807, 2.05) is 0 Å². The molecule has 56 heavy (non-hydrogen) atoms. The monoisotopic (exact) mass is 824 g/mol. The number of unbranched alkanes of at least 4 members (excludes halogenated alkanes) is 10. The minimum atomic E-state index is -5.81. The number of methoxy groups -OCH3 is 1. The molecule has 1 unspecified atom stereocenters. The smallest absolute Gasteiger partial charge is 0.399 e. The van der Waals surface area contributed by atoms with Crippen molar-refractivity contribution in [3.05, 3.63) is 89.0 Å². The van der Waals surface area contributed by atoms with Crippen LogP contribution in [-0.2, 0) is 42.6 Å². The number of carbonyl (C=O) groups excluding carboxylic acids is 2. The summed E-state index contributed by atoms with van der Waals surface area (Å²) in [5.74, 6) is -1.66. The van der Waals surface area contributed by atoms with Crippen LogP contribution in [0.5, 0.6) is 11.5 Å². The van der Waals surface area contributed by atoms with Crippen LogP contribution in [0.4, 0.5) is 8.78 Å². The van der Waals surface area contributed by atoms with Crippen LogP contribution in [-0.4, -0.2) is 61.5 Å². The van der Waals surface area contributed by atoms with E-state index in [-0.39, 0.29) is 47.1 Å². The molecule has 0 fully saturated rings. The molecular formula is C40H55F2N2O10PS. The summed E-state index contributed by atoms with van der Waals surface area (Å²) in [5, 5.41) is 12.7. The first-order chi connectivity index (χ1) is 26.6. The summed E-state index contributed by atoms with van der Waals surface area (Å²) in [4.78, 5) is 43.6. The van der Waals surface area contributed by atoms with Gasteiger partial charge < -0.3 is 29.7 Å². The Kier molecular flexibility index (Phi) is 18.9. The first kappa shape index (κ1) is 46.5. The Morgan fingerprint density at radius 2 is 1.41 bits per heavy atom. The van der Waals surface area contributed by atoms with Crippen LogP contribution >= 0.6 is 7.60 Å². The maximum absolute atomic E-state index is 14.3. The van der Waals surface area contributed by atoms with Gasteiger partial charge in [0, 0.05) is 12.1 Å². The van der Waals surface area contributed by atoms with Crippen molar-refractivity contribution >= 4 is 29.5 Å². The molecular weight excluding hydrogens is 769 g/mol. The van der Waals surface area contributed by atoms with Gasteiger partial charge in [0.05, 0.1) is 18.6 Å². The molecule has 1 atom stereocenters. The molecule has 16 heteroatoms. The second kappa shape index (κ2) is 22.8. The van der Waals surface area contributed by atoms with E-state index in [0.29, 0.717) is 12.8 Å². The number of amides is 1. The number of phenolic OH excluding ortho intramolecular Hbond substituents is 1.